The molecule has 1 amide bonds. The van der Waals surface area contributed by atoms with Crippen LogP contribution in [0.15, 0.2) is 54.9 Å². The van der Waals surface area contributed by atoms with Gasteiger partial charge in [-0.2, -0.15) is 10.1 Å². The Balaban J connectivity index is 1.61. The lowest BCUT2D eigenvalue weighted by Gasteiger charge is -2.25. The molecule has 0 aliphatic carbocycles. The lowest BCUT2D eigenvalue weighted by molar-refractivity contribution is -0.117. The van der Waals surface area contributed by atoms with Gasteiger partial charge >= 0.3 is 0 Å². The van der Waals surface area contributed by atoms with Crippen LogP contribution in [0, 0.1) is 6.92 Å². The quantitative estimate of drug-likeness (QED) is 0.796. The van der Waals surface area contributed by atoms with Crippen LogP contribution in [0.4, 0.5) is 5.95 Å². The fraction of sp³-hybridized carbons (Fsp3) is 0.211. The molecule has 6 heteroatoms. The SMILES string of the molecule is Cc1ccc(COc2ccccc2C2CC(=O)Nc3ncnn32)cc1. The average Bonchev–Trinajstić information content (AvgIpc) is 3.09. The Hall–Kier alpha value is -3.15. The number of carbonyl (C=O) groups is 1. The average molecular weight is 334 g/mol. The number of carbonyl (C=O) groups excluding carboxylic acids is 1. The summed E-state index contributed by atoms with van der Waals surface area (Å²) in [6.45, 7) is 2.53. The topological polar surface area (TPSA) is 69.0 Å². The van der Waals surface area contributed by atoms with Gasteiger partial charge in [-0.15, -0.1) is 0 Å². The summed E-state index contributed by atoms with van der Waals surface area (Å²) in [6, 6.07) is 15.8. The fourth-order valence-electron chi connectivity index (χ4n) is 2.98. The van der Waals surface area contributed by atoms with Crippen molar-refractivity contribution in [1.29, 1.82) is 0 Å². The van der Waals surface area contributed by atoms with E-state index < -0.39 is 0 Å². The molecular weight excluding hydrogens is 316 g/mol. The summed E-state index contributed by atoms with van der Waals surface area (Å²) in [4.78, 5) is 16.1. The Morgan fingerprint density at radius 2 is 2.00 bits per heavy atom. The first-order valence-corrected chi connectivity index (χ1v) is 8.17. The molecule has 6 nitrogen and oxygen atoms in total. The Morgan fingerprint density at radius 3 is 2.84 bits per heavy atom. The Morgan fingerprint density at radius 1 is 1.20 bits per heavy atom. The number of anilines is 1. The van der Waals surface area contributed by atoms with Crippen LogP contribution < -0.4 is 10.1 Å². The molecule has 0 radical (unpaired) electrons. The number of aromatic nitrogens is 3. The molecule has 126 valence electrons. The summed E-state index contributed by atoms with van der Waals surface area (Å²) in [5.41, 5.74) is 3.25. The summed E-state index contributed by atoms with van der Waals surface area (Å²) >= 11 is 0. The number of ether oxygens (including phenoxy) is 1. The van der Waals surface area contributed by atoms with Gasteiger partial charge in [0.1, 0.15) is 18.7 Å². The maximum Gasteiger partial charge on any atom is 0.229 e. The molecule has 0 spiro atoms. The van der Waals surface area contributed by atoms with E-state index >= 15 is 0 Å². The van der Waals surface area contributed by atoms with E-state index in [1.165, 1.54) is 11.9 Å². The molecule has 3 aromatic rings. The largest absolute Gasteiger partial charge is 0.489 e. The van der Waals surface area contributed by atoms with Gasteiger partial charge in [-0.1, -0.05) is 48.0 Å². The summed E-state index contributed by atoms with van der Waals surface area (Å²) < 4.78 is 7.78. The summed E-state index contributed by atoms with van der Waals surface area (Å²) in [6.07, 6.45) is 1.75. The van der Waals surface area contributed by atoms with Crippen molar-refractivity contribution in [2.75, 3.05) is 5.32 Å². The lowest BCUT2D eigenvalue weighted by Crippen LogP contribution is -2.29. The van der Waals surface area contributed by atoms with Gasteiger partial charge in [0.05, 0.1) is 12.5 Å². The van der Waals surface area contributed by atoms with Crippen molar-refractivity contribution in [3.8, 4) is 5.75 Å². The molecule has 0 saturated heterocycles. The third-order valence-corrected chi connectivity index (χ3v) is 4.29. The number of hydrogen-bond donors (Lipinski definition) is 1. The van der Waals surface area contributed by atoms with E-state index in [0.29, 0.717) is 19.0 Å². The maximum atomic E-state index is 12.0. The van der Waals surface area contributed by atoms with Crippen molar-refractivity contribution in [3.05, 3.63) is 71.5 Å². The van der Waals surface area contributed by atoms with E-state index in [9.17, 15) is 4.79 Å². The molecule has 1 atom stereocenters. The molecule has 1 aromatic heterocycles. The number of fused-ring (bicyclic) bond motifs is 1. The molecule has 1 aliphatic rings. The monoisotopic (exact) mass is 334 g/mol. The first-order chi connectivity index (χ1) is 12.2. The number of para-hydroxylation sites is 1. The molecule has 0 saturated carbocycles. The molecule has 1 unspecified atom stereocenters. The molecule has 25 heavy (non-hydrogen) atoms. The number of amides is 1. The molecule has 4 rings (SSSR count). The number of benzene rings is 2. The van der Waals surface area contributed by atoms with Gasteiger partial charge in [0.15, 0.2) is 0 Å². The van der Waals surface area contributed by atoms with E-state index in [0.717, 1.165) is 16.9 Å². The van der Waals surface area contributed by atoms with Crippen LogP contribution in [-0.2, 0) is 11.4 Å². The molecule has 1 aliphatic heterocycles. The van der Waals surface area contributed by atoms with Gasteiger partial charge < -0.3 is 4.74 Å². The summed E-state index contributed by atoms with van der Waals surface area (Å²) in [5.74, 6) is 1.15. The predicted octanol–water partition coefficient (Wildman–Crippen LogP) is 3.10. The predicted molar refractivity (Wildman–Crippen MR) is 93.4 cm³/mol. The standard InChI is InChI=1S/C19H18N4O2/c1-13-6-8-14(9-7-13)11-25-17-5-3-2-4-15(17)16-10-18(24)22-19-20-12-21-23(16)19/h2-9,12,16H,10-11H2,1H3,(H,20,21,22,24). The van der Waals surface area contributed by atoms with Crippen molar-refractivity contribution in [2.24, 2.45) is 0 Å². The summed E-state index contributed by atoms with van der Waals surface area (Å²) in [7, 11) is 0. The van der Waals surface area contributed by atoms with E-state index in [1.54, 1.807) is 4.68 Å². The normalized spacial score (nSPS) is 16.2. The van der Waals surface area contributed by atoms with Crippen molar-refractivity contribution in [3.63, 3.8) is 0 Å². The van der Waals surface area contributed by atoms with E-state index in [2.05, 4.69) is 46.6 Å². The van der Waals surface area contributed by atoms with Gasteiger partial charge in [-0.3, -0.25) is 10.1 Å². The minimum absolute atomic E-state index is 0.0705. The highest BCUT2D eigenvalue weighted by Crippen LogP contribution is 2.34. The van der Waals surface area contributed by atoms with Crippen LogP contribution in [0.3, 0.4) is 0 Å². The molecule has 0 bridgehead atoms. The second-order valence-electron chi connectivity index (χ2n) is 6.11. The van der Waals surface area contributed by atoms with Crippen LogP contribution in [0.2, 0.25) is 0 Å². The number of nitrogens with zero attached hydrogens (tertiary/aromatic N) is 3. The maximum absolute atomic E-state index is 12.0. The van der Waals surface area contributed by atoms with Gasteiger partial charge in [-0.05, 0) is 18.6 Å². The molecule has 1 N–H and O–H groups in total. The van der Waals surface area contributed by atoms with Crippen molar-refractivity contribution in [1.82, 2.24) is 14.8 Å². The summed E-state index contributed by atoms with van der Waals surface area (Å²) in [5, 5.41) is 6.99. The number of hydrogen-bond acceptors (Lipinski definition) is 4. The zero-order valence-corrected chi connectivity index (χ0v) is 13.8. The zero-order chi connectivity index (χ0) is 17.2. The minimum Gasteiger partial charge on any atom is -0.489 e. The van der Waals surface area contributed by atoms with Gasteiger partial charge in [-0.25, -0.2) is 4.68 Å². The van der Waals surface area contributed by atoms with E-state index in [1.807, 2.05) is 24.3 Å². The van der Waals surface area contributed by atoms with E-state index in [-0.39, 0.29) is 11.9 Å². The first kappa shape index (κ1) is 15.4. The van der Waals surface area contributed by atoms with Crippen molar-refractivity contribution in [2.45, 2.75) is 26.0 Å². The molecular formula is C19H18N4O2. The first-order valence-electron chi connectivity index (χ1n) is 8.17. The Bertz CT molecular complexity index is 902. The van der Waals surface area contributed by atoms with Crippen molar-refractivity contribution >= 4 is 11.9 Å². The van der Waals surface area contributed by atoms with E-state index in [4.69, 9.17) is 4.74 Å². The minimum atomic E-state index is -0.222. The second-order valence-corrected chi connectivity index (χ2v) is 6.11. The number of rotatable bonds is 4. The highest BCUT2D eigenvalue weighted by Gasteiger charge is 2.29. The Labute approximate surface area is 145 Å². The van der Waals surface area contributed by atoms with Crippen LogP contribution in [0.1, 0.15) is 29.2 Å². The zero-order valence-electron chi connectivity index (χ0n) is 13.8. The van der Waals surface area contributed by atoms with Crippen LogP contribution in [0.5, 0.6) is 5.75 Å². The van der Waals surface area contributed by atoms with Crippen LogP contribution >= 0.6 is 0 Å². The van der Waals surface area contributed by atoms with Crippen LogP contribution in [-0.4, -0.2) is 20.7 Å². The molecule has 2 heterocycles. The third-order valence-electron chi connectivity index (χ3n) is 4.29. The fourth-order valence-corrected chi connectivity index (χ4v) is 2.98. The second kappa shape index (κ2) is 6.39. The smallest absolute Gasteiger partial charge is 0.229 e. The van der Waals surface area contributed by atoms with Gasteiger partial charge in [0.2, 0.25) is 11.9 Å². The number of aryl methyl sites for hydroxylation is 1. The van der Waals surface area contributed by atoms with Crippen LogP contribution in [0.25, 0.3) is 0 Å². The highest BCUT2D eigenvalue weighted by atomic mass is 16.5. The van der Waals surface area contributed by atoms with Crippen molar-refractivity contribution < 1.29 is 9.53 Å². The number of nitrogens with one attached hydrogen (secondary N) is 1. The lowest BCUT2D eigenvalue weighted by atomic mass is 10.0. The Kier molecular flexibility index (Phi) is 3.93. The molecule has 2 aromatic carbocycles. The highest BCUT2D eigenvalue weighted by molar-refractivity contribution is 5.91. The van der Waals surface area contributed by atoms with Gasteiger partial charge in [0, 0.05) is 5.56 Å². The third kappa shape index (κ3) is 3.10. The molecule has 0 fully saturated rings. The van der Waals surface area contributed by atoms with Gasteiger partial charge in [0.25, 0.3) is 0 Å².